The predicted octanol–water partition coefficient (Wildman–Crippen LogP) is 5.16. The second kappa shape index (κ2) is 4.52. The number of phenolic OH excluding ortho intramolecular Hbond substituents is 1. The highest BCUT2D eigenvalue weighted by Crippen LogP contribution is 2.59. The van der Waals surface area contributed by atoms with Gasteiger partial charge in [-0.25, -0.2) is 0 Å². The quantitative estimate of drug-likeness (QED) is 0.798. The zero-order valence-corrected chi connectivity index (χ0v) is 12.9. The van der Waals surface area contributed by atoms with Crippen LogP contribution >= 0.6 is 15.9 Å². The molecule has 0 unspecified atom stereocenters. The maximum Gasteiger partial charge on any atom is 0.129 e. The Labute approximate surface area is 123 Å². The number of hydrogen-bond donors (Lipinski definition) is 1. The topological polar surface area (TPSA) is 20.2 Å². The smallest absolute Gasteiger partial charge is 0.129 e. The molecule has 0 heterocycles. The molecule has 0 aliphatic heterocycles. The molecule has 0 radical (unpaired) electrons. The SMILES string of the molecule is CC1(C)[C@H]2CC=C(C=Cc3ccc(O)c(Br)c3)[C@@H]1C2. The first-order valence-corrected chi connectivity index (χ1v) is 7.64. The van der Waals surface area contributed by atoms with Gasteiger partial charge >= 0.3 is 0 Å². The molecule has 19 heavy (non-hydrogen) atoms. The Kier molecular flexibility index (Phi) is 3.09. The first kappa shape index (κ1) is 13.0. The summed E-state index contributed by atoms with van der Waals surface area (Å²) in [4.78, 5) is 0. The number of benzene rings is 1. The first-order valence-electron chi connectivity index (χ1n) is 6.85. The number of halogens is 1. The molecule has 0 aromatic heterocycles. The third kappa shape index (κ3) is 2.16. The van der Waals surface area contributed by atoms with Crippen LogP contribution in [0, 0.1) is 17.3 Å². The largest absolute Gasteiger partial charge is 0.507 e. The molecule has 0 amide bonds. The van der Waals surface area contributed by atoms with Crippen LogP contribution in [0.4, 0.5) is 0 Å². The van der Waals surface area contributed by atoms with Crippen LogP contribution in [-0.4, -0.2) is 5.11 Å². The second-order valence-electron chi connectivity index (χ2n) is 6.29. The van der Waals surface area contributed by atoms with E-state index in [1.165, 1.54) is 18.4 Å². The molecule has 2 atom stereocenters. The van der Waals surface area contributed by atoms with Crippen LogP contribution in [-0.2, 0) is 0 Å². The van der Waals surface area contributed by atoms with Crippen molar-refractivity contribution in [3.8, 4) is 5.75 Å². The Balaban J connectivity index is 1.80. The van der Waals surface area contributed by atoms with Gasteiger partial charge in [0.25, 0.3) is 0 Å². The van der Waals surface area contributed by atoms with E-state index < -0.39 is 0 Å². The highest BCUT2D eigenvalue weighted by atomic mass is 79.9. The molecular weight excluding hydrogens is 300 g/mol. The van der Waals surface area contributed by atoms with E-state index >= 15 is 0 Å². The Morgan fingerprint density at radius 3 is 2.74 bits per heavy atom. The van der Waals surface area contributed by atoms with Crippen LogP contribution in [0.1, 0.15) is 32.3 Å². The number of fused-ring (bicyclic) bond motifs is 1. The number of phenols is 1. The van der Waals surface area contributed by atoms with E-state index in [1.54, 1.807) is 6.07 Å². The van der Waals surface area contributed by atoms with E-state index in [2.05, 4.69) is 48.0 Å². The number of aromatic hydroxyl groups is 1. The van der Waals surface area contributed by atoms with Gasteiger partial charge in [0.1, 0.15) is 5.75 Å². The average Bonchev–Trinajstić information content (AvgIpc) is 2.40. The number of allylic oxidation sites excluding steroid dienone is 3. The molecule has 0 saturated heterocycles. The van der Waals surface area contributed by atoms with Crippen molar-refractivity contribution in [3.05, 3.63) is 46.0 Å². The average molecular weight is 319 g/mol. The minimum atomic E-state index is 0.289. The lowest BCUT2D eigenvalue weighted by Gasteiger charge is -2.56. The highest BCUT2D eigenvalue weighted by molar-refractivity contribution is 9.10. The molecule has 0 spiro atoms. The lowest BCUT2D eigenvalue weighted by atomic mass is 9.49. The molecule has 3 aliphatic carbocycles. The molecule has 1 fully saturated rings. The fourth-order valence-electron chi connectivity index (χ4n) is 3.41. The van der Waals surface area contributed by atoms with Gasteiger partial charge in [0.2, 0.25) is 0 Å². The Morgan fingerprint density at radius 1 is 1.32 bits per heavy atom. The van der Waals surface area contributed by atoms with Gasteiger partial charge < -0.3 is 5.11 Å². The van der Waals surface area contributed by atoms with Crippen molar-refractivity contribution in [1.82, 2.24) is 0 Å². The molecule has 1 aromatic rings. The van der Waals surface area contributed by atoms with Crippen LogP contribution in [0.3, 0.4) is 0 Å². The molecule has 2 bridgehead atoms. The van der Waals surface area contributed by atoms with Crippen molar-refractivity contribution < 1.29 is 5.11 Å². The van der Waals surface area contributed by atoms with Crippen molar-refractivity contribution >= 4 is 22.0 Å². The molecule has 2 heteroatoms. The fraction of sp³-hybridized carbons (Fsp3) is 0.412. The maximum atomic E-state index is 9.50. The molecule has 3 aliphatic rings. The van der Waals surface area contributed by atoms with Gasteiger partial charge in [-0.15, -0.1) is 0 Å². The lowest BCUT2D eigenvalue weighted by molar-refractivity contribution is -0.00322. The van der Waals surface area contributed by atoms with E-state index in [4.69, 9.17) is 0 Å². The summed E-state index contributed by atoms with van der Waals surface area (Å²) in [5.74, 6) is 1.90. The van der Waals surface area contributed by atoms with E-state index in [9.17, 15) is 5.11 Å². The van der Waals surface area contributed by atoms with E-state index in [0.29, 0.717) is 5.41 Å². The van der Waals surface area contributed by atoms with Crippen molar-refractivity contribution in [2.75, 3.05) is 0 Å². The third-order valence-electron chi connectivity index (χ3n) is 4.95. The molecule has 100 valence electrons. The zero-order valence-electron chi connectivity index (χ0n) is 11.4. The molecule has 1 N–H and O–H groups in total. The van der Waals surface area contributed by atoms with Gasteiger partial charge in [-0.2, -0.15) is 0 Å². The van der Waals surface area contributed by atoms with Gasteiger partial charge in [-0.1, -0.05) is 38.1 Å². The van der Waals surface area contributed by atoms with E-state index in [-0.39, 0.29) is 5.75 Å². The summed E-state index contributed by atoms with van der Waals surface area (Å²) in [7, 11) is 0. The molecule has 1 nitrogen and oxygen atoms in total. The molecule has 1 saturated carbocycles. The van der Waals surface area contributed by atoms with Gasteiger partial charge in [-0.05, 0) is 69.3 Å². The first-order chi connectivity index (χ1) is 8.98. The predicted molar refractivity (Wildman–Crippen MR) is 82.9 cm³/mol. The zero-order chi connectivity index (χ0) is 13.6. The lowest BCUT2D eigenvalue weighted by Crippen LogP contribution is -2.47. The van der Waals surface area contributed by atoms with E-state index in [0.717, 1.165) is 21.9 Å². The van der Waals surface area contributed by atoms with Crippen molar-refractivity contribution in [2.24, 2.45) is 17.3 Å². The Bertz CT molecular complexity index is 569. The third-order valence-corrected chi connectivity index (χ3v) is 5.59. The van der Waals surface area contributed by atoms with Crippen molar-refractivity contribution in [3.63, 3.8) is 0 Å². The summed E-state index contributed by atoms with van der Waals surface area (Å²) in [6.07, 6.45) is 9.37. The van der Waals surface area contributed by atoms with Crippen LogP contribution in [0.25, 0.3) is 6.08 Å². The summed E-state index contributed by atoms with van der Waals surface area (Å²) < 4.78 is 0.747. The summed E-state index contributed by atoms with van der Waals surface area (Å²) in [5.41, 5.74) is 3.07. The minimum absolute atomic E-state index is 0.289. The summed E-state index contributed by atoms with van der Waals surface area (Å²) >= 11 is 3.35. The fourth-order valence-corrected chi connectivity index (χ4v) is 3.80. The number of rotatable bonds is 2. The Morgan fingerprint density at radius 2 is 2.11 bits per heavy atom. The van der Waals surface area contributed by atoms with Crippen molar-refractivity contribution in [2.45, 2.75) is 26.7 Å². The molecular formula is C17H19BrO. The van der Waals surface area contributed by atoms with Crippen molar-refractivity contribution in [1.29, 1.82) is 0 Å². The van der Waals surface area contributed by atoms with Gasteiger partial charge in [0, 0.05) is 0 Å². The number of hydrogen-bond acceptors (Lipinski definition) is 1. The van der Waals surface area contributed by atoms with Crippen LogP contribution < -0.4 is 0 Å². The summed E-state index contributed by atoms with van der Waals surface area (Å²) in [6.45, 7) is 4.79. The van der Waals surface area contributed by atoms with Gasteiger partial charge in [-0.3, -0.25) is 0 Å². The maximum absolute atomic E-state index is 9.50. The standard InChI is InChI=1S/C17H19BrO/c1-17(2)13-7-6-12(14(17)10-13)5-3-11-4-8-16(19)15(18)9-11/h3-6,8-9,13-14,19H,7,10H2,1-2H3/t13-,14-/m0/s1. The van der Waals surface area contributed by atoms with Crippen LogP contribution in [0.15, 0.2) is 40.4 Å². The summed E-state index contributed by atoms with van der Waals surface area (Å²) in [5, 5.41) is 9.50. The molecule has 4 rings (SSSR count). The minimum Gasteiger partial charge on any atom is -0.507 e. The Hall–Kier alpha value is -1.02. The van der Waals surface area contributed by atoms with E-state index in [1.807, 2.05) is 12.1 Å². The highest BCUT2D eigenvalue weighted by Gasteiger charge is 2.50. The summed E-state index contributed by atoms with van der Waals surface area (Å²) in [6, 6.07) is 5.61. The monoisotopic (exact) mass is 318 g/mol. The van der Waals surface area contributed by atoms with Crippen LogP contribution in [0.2, 0.25) is 0 Å². The second-order valence-corrected chi connectivity index (χ2v) is 7.14. The van der Waals surface area contributed by atoms with Gasteiger partial charge in [0.15, 0.2) is 0 Å². The van der Waals surface area contributed by atoms with Gasteiger partial charge in [0.05, 0.1) is 4.47 Å². The van der Waals surface area contributed by atoms with Crippen LogP contribution in [0.5, 0.6) is 5.75 Å². The molecule has 1 aromatic carbocycles. The normalized spacial score (nSPS) is 28.1.